The molecule has 0 aromatic carbocycles. The Bertz CT molecular complexity index is 972. The van der Waals surface area contributed by atoms with E-state index >= 15 is 0 Å². The summed E-state index contributed by atoms with van der Waals surface area (Å²) in [6.45, 7) is 2.24. The molecule has 3 N–H and O–H groups in total. The van der Waals surface area contributed by atoms with E-state index in [1.807, 2.05) is 6.07 Å². The Morgan fingerprint density at radius 1 is 1.29 bits per heavy atom. The highest BCUT2D eigenvalue weighted by Crippen LogP contribution is 2.25. The summed E-state index contributed by atoms with van der Waals surface area (Å²) in [5.74, 6) is 0.888. The van der Waals surface area contributed by atoms with Gasteiger partial charge in [-0.1, -0.05) is 0 Å². The molecule has 4 rings (SSSR count). The minimum Gasteiger partial charge on any atom is -0.356 e. The van der Waals surface area contributed by atoms with Gasteiger partial charge in [0.25, 0.3) is 5.91 Å². The van der Waals surface area contributed by atoms with Crippen LogP contribution in [0, 0.1) is 5.92 Å². The number of imidazole rings is 1. The zero-order chi connectivity index (χ0) is 19.5. The topological polar surface area (TPSA) is 118 Å². The molecule has 1 fully saturated rings. The lowest BCUT2D eigenvalue weighted by atomic mass is 9.86. The van der Waals surface area contributed by atoms with Crippen molar-refractivity contribution >= 4 is 22.7 Å². The van der Waals surface area contributed by atoms with E-state index in [0.717, 1.165) is 31.1 Å². The molecule has 1 aliphatic carbocycles. The first kappa shape index (κ1) is 18.1. The Hall–Kier alpha value is -3.23. The van der Waals surface area contributed by atoms with Gasteiger partial charge in [-0.2, -0.15) is 5.10 Å². The fourth-order valence-electron chi connectivity index (χ4n) is 3.68. The maximum absolute atomic E-state index is 12.9. The number of H-pyrrole nitrogens is 1. The normalized spacial score (nSPS) is 19.5. The average Bonchev–Trinajstić information content (AvgIpc) is 3.38. The van der Waals surface area contributed by atoms with Crippen molar-refractivity contribution < 1.29 is 9.59 Å². The van der Waals surface area contributed by atoms with Crippen molar-refractivity contribution in [1.29, 1.82) is 0 Å². The molecule has 28 heavy (non-hydrogen) atoms. The molecule has 0 saturated heterocycles. The quantitative estimate of drug-likeness (QED) is 0.620. The average molecular weight is 381 g/mol. The van der Waals surface area contributed by atoms with Gasteiger partial charge >= 0.3 is 0 Å². The molecule has 0 radical (unpaired) electrons. The fraction of sp³-hybridized carbons (Fsp3) is 0.421. The van der Waals surface area contributed by atoms with Crippen LogP contribution in [0.1, 0.15) is 43.1 Å². The summed E-state index contributed by atoms with van der Waals surface area (Å²) >= 11 is 0. The van der Waals surface area contributed by atoms with Crippen LogP contribution in [0.5, 0.6) is 0 Å². The van der Waals surface area contributed by atoms with Crippen LogP contribution in [0.4, 0.5) is 0 Å². The number of carbonyl (C=O) groups is 2. The first-order chi connectivity index (χ1) is 13.6. The second kappa shape index (κ2) is 7.79. The number of fused-ring (bicyclic) bond motifs is 1. The standard InChI is InChI=1S/C19H23N7O2/c1-12(27)21-9-13-2-4-15(5-3-13)23-19(28)18-17-14(10-22-25-17)8-16(24-18)26-7-6-20-11-26/h6-8,10-11,13,15H,2-5,9H2,1H3,(H,21,27)(H,22,25)(H,23,28). The fourth-order valence-corrected chi connectivity index (χ4v) is 3.68. The van der Waals surface area contributed by atoms with Gasteiger partial charge < -0.3 is 10.6 Å². The maximum Gasteiger partial charge on any atom is 0.272 e. The van der Waals surface area contributed by atoms with Crippen molar-refractivity contribution in [1.82, 2.24) is 35.4 Å². The SMILES string of the molecule is CC(=O)NCC1CCC(NC(=O)c2nc(-n3ccnc3)cc3cn[nH]c23)CC1. The molecule has 1 aliphatic rings. The van der Waals surface area contributed by atoms with Gasteiger partial charge in [-0.15, -0.1) is 0 Å². The number of nitrogens with one attached hydrogen (secondary N) is 3. The van der Waals surface area contributed by atoms with Gasteiger partial charge in [0.2, 0.25) is 5.91 Å². The van der Waals surface area contributed by atoms with Crippen LogP contribution in [-0.2, 0) is 4.79 Å². The van der Waals surface area contributed by atoms with Crippen molar-refractivity contribution in [3.8, 4) is 5.82 Å². The molecule has 0 spiro atoms. The molecule has 3 aromatic rings. The third-order valence-electron chi connectivity index (χ3n) is 5.22. The van der Waals surface area contributed by atoms with E-state index in [9.17, 15) is 9.59 Å². The summed E-state index contributed by atoms with van der Waals surface area (Å²) < 4.78 is 1.76. The summed E-state index contributed by atoms with van der Waals surface area (Å²) in [4.78, 5) is 32.6. The first-order valence-electron chi connectivity index (χ1n) is 9.48. The summed E-state index contributed by atoms with van der Waals surface area (Å²) in [5.41, 5.74) is 0.958. The zero-order valence-electron chi connectivity index (χ0n) is 15.7. The molecule has 3 heterocycles. The number of nitrogens with zero attached hydrogens (tertiary/aromatic N) is 4. The van der Waals surface area contributed by atoms with E-state index in [4.69, 9.17) is 0 Å². The number of pyridine rings is 1. The molecule has 0 bridgehead atoms. The predicted octanol–water partition coefficient (Wildman–Crippen LogP) is 1.57. The van der Waals surface area contributed by atoms with Crippen LogP contribution in [0.3, 0.4) is 0 Å². The lowest BCUT2D eigenvalue weighted by Gasteiger charge is -2.29. The van der Waals surface area contributed by atoms with Crippen LogP contribution in [0.15, 0.2) is 31.0 Å². The Balaban J connectivity index is 1.46. The van der Waals surface area contributed by atoms with Gasteiger partial charge in [0.1, 0.15) is 12.1 Å². The van der Waals surface area contributed by atoms with Crippen molar-refractivity contribution in [2.45, 2.75) is 38.6 Å². The maximum atomic E-state index is 12.9. The van der Waals surface area contributed by atoms with Gasteiger partial charge in [0.15, 0.2) is 5.69 Å². The summed E-state index contributed by atoms with van der Waals surface area (Å²) in [5, 5.41) is 13.7. The molecule has 2 amide bonds. The minimum atomic E-state index is -0.207. The smallest absolute Gasteiger partial charge is 0.272 e. The summed E-state index contributed by atoms with van der Waals surface area (Å²) in [6.07, 6.45) is 10.5. The summed E-state index contributed by atoms with van der Waals surface area (Å²) in [6, 6.07) is 1.97. The van der Waals surface area contributed by atoms with Crippen LogP contribution >= 0.6 is 0 Å². The highest BCUT2D eigenvalue weighted by atomic mass is 16.2. The highest BCUT2D eigenvalue weighted by Gasteiger charge is 2.24. The van der Waals surface area contributed by atoms with E-state index in [1.165, 1.54) is 6.92 Å². The van der Waals surface area contributed by atoms with Crippen LogP contribution in [-0.4, -0.2) is 49.1 Å². The molecular formula is C19H23N7O2. The summed E-state index contributed by atoms with van der Waals surface area (Å²) in [7, 11) is 0. The Morgan fingerprint density at radius 3 is 2.82 bits per heavy atom. The Labute approximate surface area is 161 Å². The second-order valence-electron chi connectivity index (χ2n) is 7.26. The molecule has 146 valence electrons. The van der Waals surface area contributed by atoms with Crippen LogP contribution < -0.4 is 10.6 Å². The monoisotopic (exact) mass is 381 g/mol. The van der Waals surface area contributed by atoms with Gasteiger partial charge in [-0.25, -0.2) is 9.97 Å². The first-order valence-corrected chi connectivity index (χ1v) is 9.48. The predicted molar refractivity (Wildman–Crippen MR) is 103 cm³/mol. The van der Waals surface area contributed by atoms with Crippen molar-refractivity contribution in [2.75, 3.05) is 6.54 Å². The number of rotatable bonds is 5. The van der Waals surface area contributed by atoms with Crippen LogP contribution in [0.25, 0.3) is 16.7 Å². The Morgan fingerprint density at radius 2 is 2.11 bits per heavy atom. The Kier molecular flexibility index (Phi) is 5.05. The lowest BCUT2D eigenvalue weighted by molar-refractivity contribution is -0.119. The molecule has 3 aromatic heterocycles. The van der Waals surface area contributed by atoms with E-state index < -0.39 is 0 Å². The third-order valence-corrected chi connectivity index (χ3v) is 5.22. The number of hydrogen-bond donors (Lipinski definition) is 3. The van der Waals surface area contributed by atoms with Gasteiger partial charge in [-0.05, 0) is 37.7 Å². The molecule has 0 atom stereocenters. The number of carbonyl (C=O) groups excluding carboxylic acids is 2. The largest absolute Gasteiger partial charge is 0.356 e. The number of aromatic amines is 1. The number of amides is 2. The zero-order valence-corrected chi connectivity index (χ0v) is 15.7. The molecule has 0 aliphatic heterocycles. The van der Waals surface area contributed by atoms with Crippen molar-refractivity contribution in [3.63, 3.8) is 0 Å². The highest BCUT2D eigenvalue weighted by molar-refractivity contribution is 6.04. The van der Waals surface area contributed by atoms with Crippen LogP contribution in [0.2, 0.25) is 0 Å². The molecule has 1 saturated carbocycles. The van der Waals surface area contributed by atoms with Gasteiger partial charge in [0.05, 0.1) is 11.7 Å². The van der Waals surface area contributed by atoms with E-state index in [1.54, 1.807) is 29.5 Å². The molecule has 9 heteroatoms. The molecular weight excluding hydrogens is 358 g/mol. The van der Waals surface area contributed by atoms with E-state index in [2.05, 4.69) is 30.8 Å². The minimum absolute atomic E-state index is 0.00264. The third kappa shape index (κ3) is 3.88. The lowest BCUT2D eigenvalue weighted by Crippen LogP contribution is -2.40. The van der Waals surface area contributed by atoms with Crippen molar-refractivity contribution in [2.24, 2.45) is 5.92 Å². The molecule has 0 unspecified atom stereocenters. The second-order valence-corrected chi connectivity index (χ2v) is 7.26. The molecule has 9 nitrogen and oxygen atoms in total. The van der Waals surface area contributed by atoms with Gasteiger partial charge in [-0.3, -0.25) is 19.3 Å². The van der Waals surface area contributed by atoms with E-state index in [-0.39, 0.29) is 17.9 Å². The van der Waals surface area contributed by atoms with Gasteiger partial charge in [0, 0.05) is 37.3 Å². The van der Waals surface area contributed by atoms with E-state index in [0.29, 0.717) is 29.5 Å². The van der Waals surface area contributed by atoms with Crippen molar-refractivity contribution in [3.05, 3.63) is 36.7 Å². The number of aromatic nitrogens is 5. The number of hydrogen-bond acceptors (Lipinski definition) is 5.